The van der Waals surface area contributed by atoms with Gasteiger partial charge in [-0.3, -0.25) is 14.4 Å². The van der Waals surface area contributed by atoms with Crippen molar-refractivity contribution in [2.24, 2.45) is 5.92 Å². The molecule has 3 aliphatic rings. The summed E-state index contributed by atoms with van der Waals surface area (Å²) in [5, 5.41) is 6.02. The molecule has 1 saturated heterocycles. The van der Waals surface area contributed by atoms with E-state index in [4.69, 9.17) is 16.3 Å². The van der Waals surface area contributed by atoms with Crippen molar-refractivity contribution in [1.29, 1.82) is 0 Å². The van der Waals surface area contributed by atoms with E-state index in [-0.39, 0.29) is 18.9 Å². The van der Waals surface area contributed by atoms with Crippen molar-refractivity contribution in [3.63, 3.8) is 0 Å². The molecule has 2 heterocycles. The smallest absolute Gasteiger partial charge is 0.408 e. The number of rotatable bonds is 7. The van der Waals surface area contributed by atoms with Gasteiger partial charge in [-0.2, -0.15) is 13.1 Å². The quantitative estimate of drug-likeness (QED) is 0.325. The average Bonchev–Trinajstić information content (AvgIpc) is 3.40. The summed E-state index contributed by atoms with van der Waals surface area (Å²) in [7, 11) is -4.25. The second-order valence-corrected chi connectivity index (χ2v) is 14.8. The number of benzene rings is 1. The molecule has 1 aromatic carbocycles. The third-order valence-electron chi connectivity index (χ3n) is 8.20. The minimum atomic E-state index is -4.25. The molecule has 14 heteroatoms. The van der Waals surface area contributed by atoms with Crippen LogP contribution in [0.1, 0.15) is 77.7 Å². The molecule has 2 aliphatic heterocycles. The zero-order valence-electron chi connectivity index (χ0n) is 26.1. The van der Waals surface area contributed by atoms with E-state index in [1.54, 1.807) is 45.0 Å². The summed E-state index contributed by atoms with van der Waals surface area (Å²) in [5.41, 5.74) is -1.46. The Morgan fingerprint density at radius 2 is 1.87 bits per heavy atom. The zero-order chi connectivity index (χ0) is 32.8. The lowest BCUT2D eigenvalue weighted by Gasteiger charge is -2.30. The summed E-state index contributed by atoms with van der Waals surface area (Å²) < 4.78 is 35.5. The number of hydrogen-bond donors (Lipinski definition) is 4. The number of nitrogens with one attached hydrogen (secondary N) is 4. The molecule has 4 amide bonds. The van der Waals surface area contributed by atoms with Crippen molar-refractivity contribution < 1.29 is 32.3 Å². The monoisotopic (exact) mass is 665 g/mol. The minimum absolute atomic E-state index is 0.00663. The number of alkyl carbamates (subject to hydrolysis) is 1. The van der Waals surface area contributed by atoms with Crippen molar-refractivity contribution in [3.8, 4) is 0 Å². The topological polar surface area (TPSA) is 163 Å². The van der Waals surface area contributed by atoms with Gasteiger partial charge in [-0.25, -0.2) is 9.52 Å². The van der Waals surface area contributed by atoms with Crippen LogP contribution in [0, 0.1) is 5.92 Å². The van der Waals surface area contributed by atoms with Gasteiger partial charge in [0.25, 0.3) is 5.91 Å². The first-order chi connectivity index (χ1) is 21.2. The number of allylic oxidation sites excluding steroid dienone is 1. The van der Waals surface area contributed by atoms with Gasteiger partial charge >= 0.3 is 16.3 Å². The summed E-state index contributed by atoms with van der Waals surface area (Å²) in [6.45, 7) is 5.53. The van der Waals surface area contributed by atoms with Crippen LogP contribution < -0.4 is 20.1 Å². The fraction of sp³-hybridized carbons (Fsp3) is 0.613. The van der Waals surface area contributed by atoms with E-state index in [1.165, 1.54) is 4.90 Å². The molecule has 0 bridgehead atoms. The summed E-state index contributed by atoms with van der Waals surface area (Å²) in [6, 6.07) is 5.33. The van der Waals surface area contributed by atoms with Crippen molar-refractivity contribution in [1.82, 2.24) is 25.0 Å². The van der Waals surface area contributed by atoms with Gasteiger partial charge in [0, 0.05) is 24.0 Å². The summed E-state index contributed by atoms with van der Waals surface area (Å²) in [5.74, 6) is -2.18. The maximum Gasteiger partial charge on any atom is 0.408 e. The Labute approximate surface area is 270 Å². The van der Waals surface area contributed by atoms with Crippen molar-refractivity contribution in [2.45, 2.75) is 102 Å². The Hall–Kier alpha value is -3.16. The highest BCUT2D eigenvalue weighted by Gasteiger charge is 2.61. The van der Waals surface area contributed by atoms with Crippen LogP contribution in [-0.4, -0.2) is 73.4 Å². The van der Waals surface area contributed by atoms with Gasteiger partial charge in [-0.15, -0.1) is 0 Å². The second-order valence-electron chi connectivity index (χ2n) is 12.9. The SMILES string of the molecule is CC(C)(C)OC(=O)N[C@H]1CCCCC/C=C\[C@@H]2C[C@@]2(C(=O)NS(=O)(=O)NCCc2ccccc2Cl)NC(=O)[C@@H]2CCCN2C1=O. The van der Waals surface area contributed by atoms with Crippen LogP contribution in [0.5, 0.6) is 0 Å². The van der Waals surface area contributed by atoms with Gasteiger partial charge in [0.1, 0.15) is 23.2 Å². The minimum Gasteiger partial charge on any atom is -0.444 e. The number of fused-ring (bicyclic) bond motifs is 2. The molecule has 1 aromatic rings. The number of carbonyl (C=O) groups is 4. The lowest BCUT2D eigenvalue weighted by Crippen LogP contribution is -2.59. The van der Waals surface area contributed by atoms with Gasteiger partial charge < -0.3 is 20.3 Å². The number of ether oxygens (including phenoxy) is 1. The number of halogens is 1. The molecule has 1 saturated carbocycles. The summed E-state index contributed by atoms with van der Waals surface area (Å²) in [6.07, 6.45) is 7.95. The normalized spacial score (nSPS) is 26.8. The molecular formula is C31H44ClN5O7S. The first kappa shape index (κ1) is 34.7. The van der Waals surface area contributed by atoms with Crippen LogP contribution in [0.25, 0.3) is 0 Å². The highest BCUT2D eigenvalue weighted by molar-refractivity contribution is 7.88. The highest BCUT2D eigenvalue weighted by Crippen LogP contribution is 2.45. The van der Waals surface area contributed by atoms with E-state index in [9.17, 15) is 27.6 Å². The molecule has 0 spiro atoms. The maximum atomic E-state index is 13.7. The predicted octanol–water partition coefficient (Wildman–Crippen LogP) is 3.11. The molecule has 4 atom stereocenters. The molecule has 45 heavy (non-hydrogen) atoms. The number of hydrogen-bond acceptors (Lipinski definition) is 7. The Balaban J connectivity index is 1.47. The summed E-state index contributed by atoms with van der Waals surface area (Å²) >= 11 is 6.16. The predicted molar refractivity (Wildman–Crippen MR) is 169 cm³/mol. The van der Waals surface area contributed by atoms with Crippen molar-refractivity contribution in [2.75, 3.05) is 13.1 Å². The van der Waals surface area contributed by atoms with E-state index in [0.29, 0.717) is 50.1 Å². The molecule has 0 aromatic heterocycles. The Morgan fingerprint density at radius 3 is 2.60 bits per heavy atom. The molecule has 12 nitrogen and oxygen atoms in total. The van der Waals surface area contributed by atoms with E-state index < -0.39 is 57.3 Å². The average molecular weight is 666 g/mol. The molecule has 4 rings (SSSR count). The first-order valence-corrected chi connectivity index (χ1v) is 17.4. The molecule has 248 valence electrons. The Morgan fingerprint density at radius 1 is 1.11 bits per heavy atom. The Bertz CT molecular complexity index is 1410. The molecule has 1 aliphatic carbocycles. The van der Waals surface area contributed by atoms with Gasteiger partial charge in [0.05, 0.1) is 0 Å². The largest absolute Gasteiger partial charge is 0.444 e. The number of nitrogens with zero attached hydrogens (tertiary/aromatic N) is 1. The molecule has 2 fully saturated rings. The summed E-state index contributed by atoms with van der Waals surface area (Å²) in [4.78, 5) is 54.9. The molecule has 4 N–H and O–H groups in total. The van der Waals surface area contributed by atoms with Crippen LogP contribution in [-0.2, 0) is 35.8 Å². The molecule has 0 unspecified atom stereocenters. The van der Waals surface area contributed by atoms with Crippen LogP contribution in [0.3, 0.4) is 0 Å². The molecular weight excluding hydrogens is 622 g/mol. The van der Waals surface area contributed by atoms with E-state index >= 15 is 0 Å². The fourth-order valence-corrected chi connectivity index (χ4v) is 6.91. The van der Waals surface area contributed by atoms with E-state index in [0.717, 1.165) is 18.4 Å². The van der Waals surface area contributed by atoms with Crippen molar-refractivity contribution >= 4 is 45.6 Å². The standard InChI is InChI=1S/C31H44ClN5O7S/c1-30(2,3)44-29(41)34-24-15-8-6-4-5-7-13-22-20-31(22,35-26(38)25-16-11-19-37(25)27(24)39)28(40)36-45(42,43)33-18-17-21-12-9-10-14-23(21)32/h7,9-10,12-14,22,24-25,33H,4-6,8,11,15-20H2,1-3H3,(H,34,41)(H,35,38)(H,36,40)/b13-7-/t22-,24+,25+,31-/m1/s1. The van der Waals surface area contributed by atoms with Crippen molar-refractivity contribution in [3.05, 3.63) is 47.0 Å². The van der Waals surface area contributed by atoms with Crippen LogP contribution in [0.4, 0.5) is 4.79 Å². The van der Waals surface area contributed by atoms with Crippen LogP contribution in [0.2, 0.25) is 5.02 Å². The van der Waals surface area contributed by atoms with Gasteiger partial charge in [0.2, 0.25) is 11.8 Å². The van der Waals surface area contributed by atoms with Gasteiger partial charge in [-0.05, 0) is 77.3 Å². The van der Waals surface area contributed by atoms with E-state index in [1.807, 2.05) is 12.2 Å². The Kier molecular flexibility index (Phi) is 11.2. The maximum absolute atomic E-state index is 13.7. The highest BCUT2D eigenvalue weighted by atomic mass is 35.5. The fourth-order valence-electron chi connectivity index (χ4n) is 5.81. The first-order valence-electron chi connectivity index (χ1n) is 15.5. The molecule has 0 radical (unpaired) electrons. The van der Waals surface area contributed by atoms with Crippen LogP contribution in [0.15, 0.2) is 36.4 Å². The van der Waals surface area contributed by atoms with Crippen LogP contribution >= 0.6 is 11.6 Å². The third kappa shape index (κ3) is 9.43. The van der Waals surface area contributed by atoms with Gasteiger partial charge in [0.15, 0.2) is 0 Å². The van der Waals surface area contributed by atoms with Gasteiger partial charge in [-0.1, -0.05) is 54.8 Å². The lowest BCUT2D eigenvalue weighted by atomic mass is 10.0. The number of carbonyl (C=O) groups excluding carboxylic acids is 4. The zero-order valence-corrected chi connectivity index (χ0v) is 27.6. The third-order valence-corrected chi connectivity index (χ3v) is 9.60. The van der Waals surface area contributed by atoms with E-state index in [2.05, 4.69) is 20.1 Å². The second kappa shape index (κ2) is 14.5. The number of amides is 4. The lowest BCUT2D eigenvalue weighted by molar-refractivity contribution is -0.141.